The largest absolute Gasteiger partial charge is 0.378 e. The van der Waals surface area contributed by atoms with Crippen LogP contribution in [0.3, 0.4) is 0 Å². The van der Waals surface area contributed by atoms with Crippen LogP contribution in [0, 0.1) is 24.0 Å². The molecule has 21 heavy (non-hydrogen) atoms. The number of hydrogen-bond donors (Lipinski definition) is 2. The molecule has 1 heterocycles. The Balaban J connectivity index is 2.24. The summed E-state index contributed by atoms with van der Waals surface area (Å²) in [6.45, 7) is 5.36. The summed E-state index contributed by atoms with van der Waals surface area (Å²) in [6.07, 6.45) is 0. The first-order valence-corrected chi connectivity index (χ1v) is 6.47. The fourth-order valence-corrected chi connectivity index (χ4v) is 2.25. The first-order valence-electron chi connectivity index (χ1n) is 6.47. The fraction of sp³-hybridized carbons (Fsp3) is 0.286. The Morgan fingerprint density at radius 3 is 2.43 bits per heavy atom. The molecule has 0 bridgehead atoms. The summed E-state index contributed by atoms with van der Waals surface area (Å²) in [7, 11) is 0. The topological polar surface area (TPSA) is 101 Å². The molecule has 2 N–H and O–H groups in total. The van der Waals surface area contributed by atoms with Crippen LogP contribution in [0.4, 0.5) is 11.4 Å². The van der Waals surface area contributed by atoms with Crippen molar-refractivity contribution in [2.24, 2.45) is 0 Å². The third-order valence-electron chi connectivity index (χ3n) is 3.16. The van der Waals surface area contributed by atoms with Crippen LogP contribution in [0.2, 0.25) is 0 Å². The predicted octanol–water partition coefficient (Wildman–Crippen LogP) is 2.47. The SMILES string of the molecule is Cc1nc(C)c(C(C)Nc2ccc([N+](=O)[O-])cc2)c(=O)[nH]1. The number of nitrogens with zero attached hydrogens (tertiary/aromatic N) is 2. The molecule has 2 aromatic rings. The number of nitrogens with one attached hydrogen (secondary N) is 2. The minimum Gasteiger partial charge on any atom is -0.378 e. The van der Waals surface area contributed by atoms with Crippen LogP contribution >= 0.6 is 0 Å². The molecule has 0 radical (unpaired) electrons. The van der Waals surface area contributed by atoms with Gasteiger partial charge in [-0.2, -0.15) is 0 Å². The number of rotatable bonds is 4. The van der Waals surface area contributed by atoms with Crippen molar-refractivity contribution in [2.45, 2.75) is 26.8 Å². The molecule has 1 aromatic carbocycles. The van der Waals surface area contributed by atoms with Crippen molar-refractivity contribution < 1.29 is 4.92 Å². The van der Waals surface area contributed by atoms with Crippen molar-refractivity contribution in [1.29, 1.82) is 0 Å². The molecule has 7 heteroatoms. The Labute approximate surface area is 121 Å². The molecule has 1 atom stereocenters. The number of hydrogen-bond acceptors (Lipinski definition) is 5. The Kier molecular flexibility index (Phi) is 4.02. The lowest BCUT2D eigenvalue weighted by atomic mass is 10.1. The van der Waals surface area contributed by atoms with E-state index in [0.717, 1.165) is 0 Å². The van der Waals surface area contributed by atoms with Crippen LogP contribution in [-0.2, 0) is 0 Å². The van der Waals surface area contributed by atoms with E-state index in [4.69, 9.17) is 0 Å². The molecule has 0 aliphatic heterocycles. The van der Waals surface area contributed by atoms with E-state index in [1.165, 1.54) is 12.1 Å². The van der Waals surface area contributed by atoms with Gasteiger partial charge in [0.2, 0.25) is 0 Å². The highest BCUT2D eigenvalue weighted by Gasteiger charge is 2.15. The van der Waals surface area contributed by atoms with Gasteiger partial charge in [0.25, 0.3) is 11.2 Å². The van der Waals surface area contributed by atoms with Crippen molar-refractivity contribution in [3.63, 3.8) is 0 Å². The molecule has 0 aliphatic rings. The zero-order chi connectivity index (χ0) is 15.6. The number of aromatic nitrogens is 2. The maximum atomic E-state index is 12.0. The Morgan fingerprint density at radius 1 is 1.29 bits per heavy atom. The number of H-pyrrole nitrogens is 1. The van der Waals surface area contributed by atoms with E-state index < -0.39 is 4.92 Å². The van der Waals surface area contributed by atoms with Crippen LogP contribution in [-0.4, -0.2) is 14.9 Å². The minimum atomic E-state index is -0.452. The molecule has 7 nitrogen and oxygen atoms in total. The van der Waals surface area contributed by atoms with Crippen LogP contribution in [0.15, 0.2) is 29.1 Å². The molecular weight excluding hydrogens is 272 g/mol. The van der Waals surface area contributed by atoms with E-state index >= 15 is 0 Å². The van der Waals surface area contributed by atoms with Gasteiger partial charge < -0.3 is 10.3 Å². The van der Waals surface area contributed by atoms with Crippen LogP contribution in [0.5, 0.6) is 0 Å². The number of nitro benzene ring substituents is 1. The predicted molar refractivity (Wildman–Crippen MR) is 79.5 cm³/mol. The van der Waals surface area contributed by atoms with Crippen LogP contribution in [0.25, 0.3) is 0 Å². The lowest BCUT2D eigenvalue weighted by molar-refractivity contribution is -0.384. The molecule has 1 aromatic heterocycles. The van der Waals surface area contributed by atoms with Crippen molar-refractivity contribution >= 4 is 11.4 Å². The van der Waals surface area contributed by atoms with Gasteiger partial charge in [-0.3, -0.25) is 14.9 Å². The van der Waals surface area contributed by atoms with E-state index in [9.17, 15) is 14.9 Å². The summed E-state index contributed by atoms with van der Waals surface area (Å²) in [4.78, 5) is 29.1. The highest BCUT2D eigenvalue weighted by atomic mass is 16.6. The number of nitro groups is 1. The van der Waals surface area contributed by atoms with Gasteiger partial charge in [0.15, 0.2) is 0 Å². The molecule has 0 spiro atoms. The average molecular weight is 288 g/mol. The van der Waals surface area contributed by atoms with Gasteiger partial charge in [-0.15, -0.1) is 0 Å². The third-order valence-corrected chi connectivity index (χ3v) is 3.16. The van der Waals surface area contributed by atoms with Gasteiger partial charge in [-0.1, -0.05) is 0 Å². The lowest BCUT2D eigenvalue weighted by Gasteiger charge is -2.16. The van der Waals surface area contributed by atoms with Gasteiger partial charge in [-0.05, 0) is 32.9 Å². The second-order valence-electron chi connectivity index (χ2n) is 4.82. The molecule has 2 rings (SSSR count). The van der Waals surface area contributed by atoms with Gasteiger partial charge in [0.1, 0.15) is 5.82 Å². The molecule has 0 saturated carbocycles. The summed E-state index contributed by atoms with van der Waals surface area (Å²) in [5, 5.41) is 13.8. The highest BCUT2D eigenvalue weighted by Crippen LogP contribution is 2.21. The summed E-state index contributed by atoms with van der Waals surface area (Å²) in [6, 6.07) is 5.79. The van der Waals surface area contributed by atoms with E-state index in [1.807, 2.05) is 6.92 Å². The smallest absolute Gasteiger partial charge is 0.269 e. The van der Waals surface area contributed by atoms with E-state index in [1.54, 1.807) is 26.0 Å². The Hall–Kier alpha value is -2.70. The highest BCUT2D eigenvalue weighted by molar-refractivity contribution is 5.50. The number of anilines is 1. The molecular formula is C14H16N4O3. The number of benzene rings is 1. The second-order valence-corrected chi connectivity index (χ2v) is 4.82. The van der Waals surface area contributed by atoms with E-state index in [0.29, 0.717) is 22.8 Å². The number of aryl methyl sites for hydroxylation is 2. The maximum absolute atomic E-state index is 12.0. The lowest BCUT2D eigenvalue weighted by Crippen LogP contribution is -2.23. The normalized spacial score (nSPS) is 12.0. The Morgan fingerprint density at radius 2 is 1.90 bits per heavy atom. The van der Waals surface area contributed by atoms with Crippen molar-refractivity contribution in [2.75, 3.05) is 5.32 Å². The molecule has 0 amide bonds. The fourth-order valence-electron chi connectivity index (χ4n) is 2.25. The van der Waals surface area contributed by atoms with Crippen molar-refractivity contribution in [3.05, 3.63) is 61.8 Å². The number of non-ortho nitro benzene ring substituents is 1. The summed E-state index contributed by atoms with van der Waals surface area (Å²) >= 11 is 0. The Bertz CT molecular complexity index is 722. The van der Waals surface area contributed by atoms with E-state index in [2.05, 4.69) is 15.3 Å². The van der Waals surface area contributed by atoms with Crippen LogP contribution in [0.1, 0.15) is 30.0 Å². The molecule has 0 fully saturated rings. The van der Waals surface area contributed by atoms with E-state index in [-0.39, 0.29) is 17.3 Å². The van der Waals surface area contributed by atoms with Gasteiger partial charge in [0, 0.05) is 17.8 Å². The zero-order valence-electron chi connectivity index (χ0n) is 12.0. The average Bonchev–Trinajstić information content (AvgIpc) is 2.37. The van der Waals surface area contributed by atoms with Gasteiger partial charge >= 0.3 is 0 Å². The second kappa shape index (κ2) is 5.74. The summed E-state index contributed by atoms with van der Waals surface area (Å²) < 4.78 is 0. The summed E-state index contributed by atoms with van der Waals surface area (Å²) in [5.74, 6) is 0.573. The molecule has 0 aliphatic carbocycles. The quantitative estimate of drug-likeness (QED) is 0.664. The molecule has 0 saturated heterocycles. The van der Waals surface area contributed by atoms with Gasteiger partial charge in [-0.25, -0.2) is 4.98 Å². The first-order chi connectivity index (χ1) is 9.88. The molecule has 1 unspecified atom stereocenters. The monoisotopic (exact) mass is 288 g/mol. The molecule has 110 valence electrons. The number of aromatic amines is 1. The van der Waals surface area contributed by atoms with Crippen LogP contribution < -0.4 is 10.9 Å². The van der Waals surface area contributed by atoms with Gasteiger partial charge in [0.05, 0.1) is 22.2 Å². The van der Waals surface area contributed by atoms with Crippen molar-refractivity contribution in [3.8, 4) is 0 Å². The first kappa shape index (κ1) is 14.7. The maximum Gasteiger partial charge on any atom is 0.269 e. The zero-order valence-corrected chi connectivity index (χ0v) is 12.0. The summed E-state index contributed by atoms with van der Waals surface area (Å²) in [5.41, 5.74) is 1.77. The standard InChI is InChI=1S/C14H16N4O3/c1-8-13(14(19)17-10(3)15-8)9(2)16-11-4-6-12(7-5-11)18(20)21/h4-7,9,16H,1-3H3,(H,15,17,19). The third kappa shape index (κ3) is 3.25. The van der Waals surface area contributed by atoms with Crippen molar-refractivity contribution in [1.82, 2.24) is 9.97 Å². The minimum absolute atomic E-state index is 0.0271.